The number of nitriles is 1. The van der Waals surface area contributed by atoms with E-state index in [0.717, 1.165) is 6.07 Å². The molecular weight excluding hydrogens is 644 g/mol. The number of aryl methyl sites for hydroxylation is 1. The van der Waals surface area contributed by atoms with Crippen molar-refractivity contribution in [1.82, 2.24) is 19.7 Å². The molecule has 3 amide bonds. The number of anilines is 3. The molecule has 0 aliphatic carbocycles. The van der Waals surface area contributed by atoms with E-state index in [4.69, 9.17) is 0 Å². The van der Waals surface area contributed by atoms with Gasteiger partial charge in [-0.1, -0.05) is 12.1 Å². The maximum absolute atomic E-state index is 15.5. The molecule has 0 radical (unpaired) electrons. The second-order valence-electron chi connectivity index (χ2n) is 13.1. The zero-order valence-electron chi connectivity index (χ0n) is 28.0. The summed E-state index contributed by atoms with van der Waals surface area (Å²) < 4.78 is 56.8. The van der Waals surface area contributed by atoms with Crippen LogP contribution < -0.4 is 15.1 Å². The lowest BCUT2D eigenvalue weighted by Gasteiger charge is -2.36. The Labute approximate surface area is 282 Å². The fraction of sp³-hybridized carbons (Fsp3) is 0.500. The van der Waals surface area contributed by atoms with E-state index in [-0.39, 0.29) is 60.8 Å². The van der Waals surface area contributed by atoms with Crippen LogP contribution >= 0.6 is 0 Å². The topological polar surface area (TPSA) is 116 Å². The third-order valence-electron chi connectivity index (χ3n) is 9.47. The molecule has 2 atom stereocenters. The van der Waals surface area contributed by atoms with Gasteiger partial charge in [0.05, 0.1) is 22.4 Å². The summed E-state index contributed by atoms with van der Waals surface area (Å²) in [6, 6.07) is 5.58. The first-order valence-corrected chi connectivity index (χ1v) is 16.1. The van der Waals surface area contributed by atoms with Crippen LogP contribution in [-0.2, 0) is 20.6 Å². The van der Waals surface area contributed by atoms with Gasteiger partial charge in [0.15, 0.2) is 0 Å². The van der Waals surface area contributed by atoms with Crippen molar-refractivity contribution in [2.75, 3.05) is 82.1 Å². The van der Waals surface area contributed by atoms with E-state index in [1.54, 1.807) is 39.0 Å². The quantitative estimate of drug-likeness (QED) is 0.331. The number of likely N-dealkylation sites (tertiary alicyclic amines) is 2. The van der Waals surface area contributed by atoms with Gasteiger partial charge in [-0.05, 0) is 58.5 Å². The van der Waals surface area contributed by atoms with Crippen LogP contribution in [0.1, 0.15) is 36.1 Å². The Bertz CT molecular complexity index is 1690. The van der Waals surface area contributed by atoms with Gasteiger partial charge in [-0.3, -0.25) is 14.4 Å². The number of aromatic nitrogens is 1. The predicted molar refractivity (Wildman–Crippen MR) is 175 cm³/mol. The molecule has 15 heteroatoms. The first kappa shape index (κ1) is 35.6. The van der Waals surface area contributed by atoms with E-state index in [9.17, 15) is 32.8 Å². The van der Waals surface area contributed by atoms with Crippen LogP contribution in [0.2, 0.25) is 0 Å². The Kier molecular flexibility index (Phi) is 10.2. The molecule has 1 unspecified atom stereocenters. The zero-order valence-corrected chi connectivity index (χ0v) is 28.0. The van der Waals surface area contributed by atoms with Crippen LogP contribution in [0.25, 0.3) is 0 Å². The van der Waals surface area contributed by atoms with Crippen molar-refractivity contribution in [3.05, 3.63) is 59.1 Å². The van der Waals surface area contributed by atoms with Crippen molar-refractivity contribution in [3.63, 3.8) is 0 Å². The maximum atomic E-state index is 15.5. The minimum Gasteiger partial charge on any atom is -0.366 e. The lowest BCUT2D eigenvalue weighted by Crippen LogP contribution is -2.48. The van der Waals surface area contributed by atoms with E-state index in [0.29, 0.717) is 39.0 Å². The number of fused-ring (bicyclic) bond motifs is 1. The number of nitrogens with one attached hydrogen (secondary N) is 1. The molecule has 1 spiro atoms. The number of rotatable bonds is 8. The van der Waals surface area contributed by atoms with Crippen molar-refractivity contribution in [2.45, 2.75) is 38.4 Å². The van der Waals surface area contributed by atoms with Crippen LogP contribution in [0.4, 0.5) is 34.8 Å². The minimum absolute atomic E-state index is 0.0121. The molecule has 5 rings (SSSR count). The number of nitrogens with zero attached hydrogens (tertiary/aromatic N) is 7. The number of likely N-dealkylation sites (N-methyl/N-ethyl adjacent to an activating group) is 2. The second-order valence-corrected chi connectivity index (χ2v) is 13.1. The van der Waals surface area contributed by atoms with Gasteiger partial charge in [0.2, 0.25) is 17.7 Å². The lowest BCUT2D eigenvalue weighted by atomic mass is 9.85. The highest BCUT2D eigenvalue weighted by molar-refractivity contribution is 6.01. The number of halogens is 4. The molecule has 2 aromatic rings. The van der Waals surface area contributed by atoms with Crippen molar-refractivity contribution < 1.29 is 31.9 Å². The molecule has 1 N–H and O–H groups in total. The lowest BCUT2D eigenvalue weighted by molar-refractivity contribution is -0.138. The van der Waals surface area contributed by atoms with E-state index in [2.05, 4.69) is 10.3 Å². The highest BCUT2D eigenvalue weighted by Crippen LogP contribution is 2.41. The average Bonchev–Trinajstić information content (AvgIpc) is 3.61. The molecule has 2 fully saturated rings. The number of carbonyl (C=O) groups is 3. The number of carbonyl (C=O) groups excluding carboxylic acids is 3. The molecule has 3 aliphatic heterocycles. The molecule has 2 saturated heterocycles. The first-order valence-electron chi connectivity index (χ1n) is 16.1. The van der Waals surface area contributed by atoms with E-state index in [1.165, 1.54) is 31.0 Å². The van der Waals surface area contributed by atoms with Gasteiger partial charge < -0.3 is 29.8 Å². The largest absolute Gasteiger partial charge is 0.417 e. The van der Waals surface area contributed by atoms with Crippen molar-refractivity contribution in [3.8, 4) is 6.07 Å². The summed E-state index contributed by atoms with van der Waals surface area (Å²) in [5.74, 6) is -1.65. The normalized spacial score (nSPS) is 21.5. The third-order valence-corrected chi connectivity index (χ3v) is 9.47. The number of hydrogen-bond acceptors (Lipinski definition) is 8. The third kappa shape index (κ3) is 7.34. The molecule has 262 valence electrons. The van der Waals surface area contributed by atoms with Crippen LogP contribution in [0.15, 0.2) is 36.4 Å². The number of amides is 3. The smallest absolute Gasteiger partial charge is 0.366 e. The van der Waals surface area contributed by atoms with E-state index in [1.807, 2.05) is 19.0 Å². The number of para-hydroxylation sites is 1. The Balaban J connectivity index is 1.34. The summed E-state index contributed by atoms with van der Waals surface area (Å²) >= 11 is 0. The van der Waals surface area contributed by atoms with Crippen molar-refractivity contribution in [1.29, 1.82) is 5.26 Å². The number of hydrogen-bond donors (Lipinski definition) is 1. The Morgan fingerprint density at radius 1 is 1.16 bits per heavy atom. The zero-order chi connectivity index (χ0) is 35.7. The number of benzene rings is 1. The van der Waals surface area contributed by atoms with Gasteiger partial charge in [-0.25, -0.2) is 9.37 Å². The summed E-state index contributed by atoms with van der Waals surface area (Å²) in [5, 5.41) is 12.4. The fourth-order valence-corrected chi connectivity index (χ4v) is 6.85. The van der Waals surface area contributed by atoms with Crippen molar-refractivity contribution in [2.24, 2.45) is 5.41 Å². The minimum atomic E-state index is -4.81. The summed E-state index contributed by atoms with van der Waals surface area (Å²) in [5.41, 5.74) is -2.11. The number of alkyl halides is 3. The standard InChI is InChI=1S/C34H40F4N8O3/c1-22-19-24(34(36,37)38)23(20-39)30(40-22)41-26-10-14-44(29-25(35)7-5-8-27(29)43(4)31(26)48)17-18-45-15-11-33(32(45)49)12-16-46(21-33)28(47)9-6-13-42(2)3/h5-9,19,26H,10-18,21H2,1-4H3,(H,40,41)/b9-6+/t26-,33?/m0/s1. The van der Waals surface area contributed by atoms with E-state index < -0.39 is 40.5 Å². The molecular formula is C34H40F4N8O3. The first-order chi connectivity index (χ1) is 23.1. The van der Waals surface area contributed by atoms with Gasteiger partial charge in [-0.15, -0.1) is 0 Å². The Morgan fingerprint density at radius 2 is 1.88 bits per heavy atom. The second kappa shape index (κ2) is 14.0. The SMILES string of the molecule is Cc1cc(C(F)(F)F)c(C#N)c(N[C@H]2CCN(CCN3CCC4(CCN(C(=O)/C=C/CN(C)C)C4)C3=O)c3c(F)cccc3N(C)C2=O)n1. The summed E-state index contributed by atoms with van der Waals surface area (Å²) in [4.78, 5) is 52.6. The molecule has 11 nitrogen and oxygen atoms in total. The fourth-order valence-electron chi connectivity index (χ4n) is 6.85. The van der Waals surface area contributed by atoms with Crippen LogP contribution in [0.3, 0.4) is 0 Å². The molecule has 49 heavy (non-hydrogen) atoms. The van der Waals surface area contributed by atoms with Crippen LogP contribution in [-0.4, -0.2) is 110 Å². The molecule has 0 saturated carbocycles. The highest BCUT2D eigenvalue weighted by atomic mass is 19.4. The Hall–Kier alpha value is -4.71. The van der Waals surface area contributed by atoms with E-state index >= 15 is 4.39 Å². The molecule has 3 aliphatic rings. The predicted octanol–water partition coefficient (Wildman–Crippen LogP) is 3.64. The van der Waals surface area contributed by atoms with Crippen molar-refractivity contribution >= 4 is 34.9 Å². The summed E-state index contributed by atoms with van der Waals surface area (Å²) in [6.07, 6.45) is -0.290. The van der Waals surface area contributed by atoms with Gasteiger partial charge in [0.25, 0.3) is 0 Å². The molecule has 1 aromatic carbocycles. The molecule has 1 aromatic heterocycles. The van der Waals surface area contributed by atoms with Crippen LogP contribution in [0.5, 0.6) is 0 Å². The van der Waals surface area contributed by atoms with Gasteiger partial charge in [0.1, 0.15) is 29.3 Å². The number of pyridine rings is 1. The van der Waals surface area contributed by atoms with Crippen LogP contribution in [0, 0.1) is 29.5 Å². The molecule has 0 bridgehead atoms. The summed E-state index contributed by atoms with van der Waals surface area (Å²) in [7, 11) is 5.26. The summed E-state index contributed by atoms with van der Waals surface area (Å²) in [6.45, 7) is 3.87. The molecule has 4 heterocycles. The maximum Gasteiger partial charge on any atom is 0.417 e. The van der Waals surface area contributed by atoms with Gasteiger partial charge in [0, 0.05) is 64.6 Å². The van der Waals surface area contributed by atoms with Gasteiger partial charge >= 0.3 is 6.18 Å². The Morgan fingerprint density at radius 3 is 2.57 bits per heavy atom. The van der Waals surface area contributed by atoms with Gasteiger partial charge in [-0.2, -0.15) is 18.4 Å². The highest BCUT2D eigenvalue weighted by Gasteiger charge is 2.51. The monoisotopic (exact) mass is 684 g/mol. The average molecular weight is 685 g/mol.